The Labute approximate surface area is 131 Å². The Hall–Kier alpha value is -2.01. The first-order valence-electron chi connectivity index (χ1n) is 7.95. The zero-order chi connectivity index (χ0) is 15.4. The van der Waals surface area contributed by atoms with Crippen LogP contribution in [0, 0.1) is 0 Å². The monoisotopic (exact) mass is 301 g/mol. The number of para-hydroxylation sites is 2. The van der Waals surface area contributed by atoms with E-state index in [2.05, 4.69) is 16.3 Å². The molecule has 1 fully saturated rings. The lowest BCUT2D eigenvalue weighted by atomic mass is 10.2. The van der Waals surface area contributed by atoms with Crippen LogP contribution < -0.4 is 15.0 Å². The number of hydrogen-bond acceptors (Lipinski definition) is 4. The van der Waals surface area contributed by atoms with Gasteiger partial charge in [0.25, 0.3) is 0 Å². The van der Waals surface area contributed by atoms with E-state index in [1.165, 1.54) is 0 Å². The highest BCUT2D eigenvalue weighted by Crippen LogP contribution is 2.28. The fourth-order valence-corrected chi connectivity index (χ4v) is 3.00. The quantitative estimate of drug-likeness (QED) is 0.851. The molecule has 2 heterocycles. The van der Waals surface area contributed by atoms with Crippen molar-refractivity contribution in [2.24, 2.45) is 0 Å². The predicted molar refractivity (Wildman–Crippen MR) is 87.3 cm³/mol. The third kappa shape index (κ3) is 3.09. The molecule has 118 valence electrons. The third-order valence-corrected chi connectivity index (χ3v) is 4.15. The molecular formula is C17H23N3O2. The van der Waals surface area contributed by atoms with Gasteiger partial charge in [-0.15, -0.1) is 0 Å². The van der Waals surface area contributed by atoms with E-state index in [1.807, 2.05) is 42.2 Å². The standard InChI is InChI=1S/C17H23N3O2/c1-2-22-16-8-4-3-7-15(16)19-10-12-20(13-11-19)17(21)14-6-5-9-18-14/h3-8,14,18H,2,9-13H2,1H3. The topological polar surface area (TPSA) is 44.8 Å². The first-order valence-corrected chi connectivity index (χ1v) is 7.95. The van der Waals surface area contributed by atoms with Crippen LogP contribution >= 0.6 is 0 Å². The highest BCUT2D eigenvalue weighted by atomic mass is 16.5. The van der Waals surface area contributed by atoms with Crippen LogP contribution in [0.15, 0.2) is 36.4 Å². The summed E-state index contributed by atoms with van der Waals surface area (Å²) in [4.78, 5) is 16.6. The minimum absolute atomic E-state index is 0.137. The molecule has 1 N–H and O–H groups in total. The number of carbonyl (C=O) groups is 1. The van der Waals surface area contributed by atoms with Crippen LogP contribution in [0.4, 0.5) is 5.69 Å². The van der Waals surface area contributed by atoms with Gasteiger partial charge in [-0.05, 0) is 19.1 Å². The van der Waals surface area contributed by atoms with Gasteiger partial charge in [-0.2, -0.15) is 0 Å². The third-order valence-electron chi connectivity index (χ3n) is 4.15. The molecule has 22 heavy (non-hydrogen) atoms. The number of benzene rings is 1. The largest absolute Gasteiger partial charge is 0.492 e. The molecule has 1 atom stereocenters. The molecule has 2 aliphatic rings. The van der Waals surface area contributed by atoms with E-state index in [1.54, 1.807) is 0 Å². The SMILES string of the molecule is CCOc1ccccc1N1CCN(C(=O)C2C=CCN2)CC1. The molecular weight excluding hydrogens is 278 g/mol. The Kier molecular flexibility index (Phi) is 4.63. The van der Waals surface area contributed by atoms with E-state index in [-0.39, 0.29) is 11.9 Å². The minimum Gasteiger partial charge on any atom is -0.492 e. The molecule has 3 rings (SSSR count). The maximum atomic E-state index is 12.4. The number of ether oxygens (including phenoxy) is 1. The Balaban J connectivity index is 1.62. The van der Waals surface area contributed by atoms with Crippen molar-refractivity contribution in [1.82, 2.24) is 10.2 Å². The molecule has 1 unspecified atom stereocenters. The summed E-state index contributed by atoms with van der Waals surface area (Å²) < 4.78 is 5.70. The molecule has 2 aliphatic heterocycles. The molecule has 5 nitrogen and oxygen atoms in total. The zero-order valence-corrected chi connectivity index (χ0v) is 13.0. The summed E-state index contributed by atoms with van der Waals surface area (Å²) in [6.45, 7) is 6.64. The second-order valence-corrected chi connectivity index (χ2v) is 5.53. The summed E-state index contributed by atoms with van der Waals surface area (Å²) in [5.41, 5.74) is 1.12. The number of anilines is 1. The van der Waals surface area contributed by atoms with E-state index < -0.39 is 0 Å². The Bertz CT molecular complexity index is 551. The van der Waals surface area contributed by atoms with Gasteiger partial charge in [0, 0.05) is 32.7 Å². The summed E-state index contributed by atoms with van der Waals surface area (Å²) in [6, 6.07) is 7.98. The van der Waals surface area contributed by atoms with Gasteiger partial charge in [0.15, 0.2) is 0 Å². The lowest BCUT2D eigenvalue weighted by Gasteiger charge is -2.37. The Morgan fingerprint density at radius 2 is 2.05 bits per heavy atom. The summed E-state index contributed by atoms with van der Waals surface area (Å²) in [5.74, 6) is 1.11. The van der Waals surface area contributed by atoms with Crippen LogP contribution in [-0.2, 0) is 4.79 Å². The average molecular weight is 301 g/mol. The van der Waals surface area contributed by atoms with E-state index in [4.69, 9.17) is 4.74 Å². The summed E-state index contributed by atoms with van der Waals surface area (Å²) >= 11 is 0. The molecule has 0 radical (unpaired) electrons. The maximum Gasteiger partial charge on any atom is 0.243 e. The van der Waals surface area contributed by atoms with Gasteiger partial charge < -0.3 is 14.5 Å². The summed E-state index contributed by atoms with van der Waals surface area (Å²) in [5, 5.41) is 3.19. The molecule has 0 aromatic heterocycles. The average Bonchev–Trinajstić information content (AvgIpc) is 3.10. The molecule has 0 saturated carbocycles. The van der Waals surface area contributed by atoms with Gasteiger partial charge in [-0.3, -0.25) is 10.1 Å². The van der Waals surface area contributed by atoms with Crippen LogP contribution in [0.3, 0.4) is 0 Å². The molecule has 0 spiro atoms. The van der Waals surface area contributed by atoms with Crippen LogP contribution in [0.5, 0.6) is 5.75 Å². The number of nitrogens with zero attached hydrogens (tertiary/aromatic N) is 2. The number of amides is 1. The van der Waals surface area contributed by atoms with Crippen LogP contribution in [0.25, 0.3) is 0 Å². The van der Waals surface area contributed by atoms with Crippen molar-refractivity contribution in [3.63, 3.8) is 0 Å². The molecule has 1 aromatic rings. The van der Waals surface area contributed by atoms with Crippen molar-refractivity contribution >= 4 is 11.6 Å². The van der Waals surface area contributed by atoms with E-state index in [0.29, 0.717) is 6.61 Å². The van der Waals surface area contributed by atoms with Crippen molar-refractivity contribution in [3.8, 4) is 5.75 Å². The lowest BCUT2D eigenvalue weighted by Crippen LogP contribution is -2.53. The summed E-state index contributed by atoms with van der Waals surface area (Å²) in [7, 11) is 0. The fourth-order valence-electron chi connectivity index (χ4n) is 3.00. The zero-order valence-electron chi connectivity index (χ0n) is 13.0. The highest BCUT2D eigenvalue weighted by molar-refractivity contribution is 5.84. The number of piperazine rings is 1. The van der Waals surface area contributed by atoms with E-state index in [0.717, 1.165) is 44.2 Å². The van der Waals surface area contributed by atoms with Gasteiger partial charge >= 0.3 is 0 Å². The van der Waals surface area contributed by atoms with E-state index >= 15 is 0 Å². The number of hydrogen-bond donors (Lipinski definition) is 1. The lowest BCUT2D eigenvalue weighted by molar-refractivity contribution is -0.132. The molecule has 1 aromatic carbocycles. The van der Waals surface area contributed by atoms with Gasteiger partial charge in [-0.25, -0.2) is 0 Å². The van der Waals surface area contributed by atoms with Gasteiger partial charge in [0.05, 0.1) is 12.3 Å². The predicted octanol–water partition coefficient (Wildman–Crippen LogP) is 1.26. The van der Waals surface area contributed by atoms with Crippen LogP contribution in [0.2, 0.25) is 0 Å². The first-order chi connectivity index (χ1) is 10.8. The molecule has 1 saturated heterocycles. The van der Waals surface area contributed by atoms with Crippen molar-refractivity contribution in [1.29, 1.82) is 0 Å². The van der Waals surface area contributed by atoms with E-state index in [9.17, 15) is 4.79 Å². The first kappa shape index (κ1) is 14.9. The van der Waals surface area contributed by atoms with Crippen molar-refractivity contribution in [2.45, 2.75) is 13.0 Å². The minimum atomic E-state index is -0.137. The van der Waals surface area contributed by atoms with Crippen molar-refractivity contribution < 1.29 is 9.53 Å². The van der Waals surface area contributed by atoms with Crippen molar-refractivity contribution in [2.75, 3.05) is 44.2 Å². The number of carbonyl (C=O) groups excluding carboxylic acids is 1. The van der Waals surface area contributed by atoms with Crippen LogP contribution in [0.1, 0.15) is 6.92 Å². The highest BCUT2D eigenvalue weighted by Gasteiger charge is 2.27. The van der Waals surface area contributed by atoms with Gasteiger partial charge in [0.2, 0.25) is 5.91 Å². The fraction of sp³-hybridized carbons (Fsp3) is 0.471. The molecule has 0 bridgehead atoms. The number of rotatable bonds is 4. The number of nitrogens with one attached hydrogen (secondary N) is 1. The van der Waals surface area contributed by atoms with Crippen LogP contribution in [-0.4, -0.2) is 56.2 Å². The smallest absolute Gasteiger partial charge is 0.243 e. The Morgan fingerprint density at radius 1 is 1.27 bits per heavy atom. The molecule has 5 heteroatoms. The second kappa shape index (κ2) is 6.83. The molecule has 0 aliphatic carbocycles. The summed E-state index contributed by atoms with van der Waals surface area (Å²) in [6.07, 6.45) is 3.97. The van der Waals surface area contributed by atoms with Gasteiger partial charge in [-0.1, -0.05) is 24.3 Å². The molecule has 1 amide bonds. The van der Waals surface area contributed by atoms with Crippen molar-refractivity contribution in [3.05, 3.63) is 36.4 Å². The maximum absolute atomic E-state index is 12.4. The normalized spacial score (nSPS) is 21.2. The van der Waals surface area contributed by atoms with Gasteiger partial charge in [0.1, 0.15) is 11.8 Å². The Morgan fingerprint density at radius 3 is 2.73 bits per heavy atom. The second-order valence-electron chi connectivity index (χ2n) is 5.53.